The number of rotatable bonds is 3. The van der Waals surface area contributed by atoms with Gasteiger partial charge in [0.2, 0.25) is 0 Å². The molecule has 0 spiro atoms. The summed E-state index contributed by atoms with van der Waals surface area (Å²) in [4.78, 5) is 14.2. The van der Waals surface area contributed by atoms with E-state index in [9.17, 15) is 18.3 Å². The van der Waals surface area contributed by atoms with Crippen molar-refractivity contribution >= 4 is 42.9 Å². The van der Waals surface area contributed by atoms with Crippen LogP contribution < -0.4 is 5.43 Å². The van der Waals surface area contributed by atoms with Crippen LogP contribution in [0.15, 0.2) is 76.4 Å². The third-order valence-electron chi connectivity index (χ3n) is 4.58. The van der Waals surface area contributed by atoms with E-state index in [0.29, 0.717) is 21.4 Å². The van der Waals surface area contributed by atoms with Gasteiger partial charge in [-0.1, -0.05) is 41.9 Å². The van der Waals surface area contributed by atoms with Gasteiger partial charge in [0.15, 0.2) is 15.3 Å². The Morgan fingerprint density at radius 1 is 0.931 bits per heavy atom. The van der Waals surface area contributed by atoms with Gasteiger partial charge in [-0.3, -0.25) is 4.79 Å². The minimum Gasteiger partial charge on any atom is -0.506 e. The molecule has 0 atom stereocenters. The molecule has 1 N–H and O–H groups in total. The van der Waals surface area contributed by atoms with Crippen LogP contribution in [0, 0.1) is 0 Å². The van der Waals surface area contributed by atoms with Gasteiger partial charge >= 0.3 is 0 Å². The summed E-state index contributed by atoms with van der Waals surface area (Å²) in [6.07, 6.45) is 1.15. The summed E-state index contributed by atoms with van der Waals surface area (Å²) in [7, 11) is -3.32. The van der Waals surface area contributed by atoms with E-state index in [1.807, 2.05) is 12.1 Å². The van der Waals surface area contributed by atoms with Gasteiger partial charge in [0.25, 0.3) is 0 Å². The van der Waals surface area contributed by atoms with Crippen LogP contribution in [0.2, 0.25) is 5.02 Å². The normalized spacial score (nSPS) is 11.7. The SMILES string of the molecule is CS(=O)(=O)c1ccc(-c2sc3ccccc3c(=O)c2-c2ccc(Cl)c(O)c2)cc1. The molecule has 0 aliphatic carbocycles. The highest BCUT2D eigenvalue weighted by Crippen LogP contribution is 2.39. The first-order chi connectivity index (χ1) is 13.8. The Hall–Kier alpha value is -2.67. The summed E-state index contributed by atoms with van der Waals surface area (Å²) in [6, 6.07) is 18.4. The Morgan fingerprint density at radius 2 is 1.59 bits per heavy atom. The Balaban J connectivity index is 2.04. The predicted octanol–water partition coefficient (Wildman–Crippen LogP) is 5.36. The minimum absolute atomic E-state index is 0.111. The van der Waals surface area contributed by atoms with Crippen LogP contribution in [0.25, 0.3) is 31.7 Å². The Labute approximate surface area is 176 Å². The third kappa shape index (κ3) is 3.67. The fourth-order valence-corrected chi connectivity index (χ4v) is 5.08. The van der Waals surface area contributed by atoms with E-state index in [0.717, 1.165) is 16.5 Å². The van der Waals surface area contributed by atoms with E-state index in [2.05, 4.69) is 0 Å². The second-order valence-corrected chi connectivity index (χ2v) is 10.1. The molecule has 0 fully saturated rings. The number of phenols is 1. The molecule has 0 amide bonds. The Morgan fingerprint density at radius 3 is 2.24 bits per heavy atom. The van der Waals surface area contributed by atoms with Crippen molar-refractivity contribution in [1.29, 1.82) is 0 Å². The quantitative estimate of drug-likeness (QED) is 0.463. The van der Waals surface area contributed by atoms with E-state index < -0.39 is 9.84 Å². The number of hydrogen-bond donors (Lipinski definition) is 1. The molecule has 29 heavy (non-hydrogen) atoms. The van der Waals surface area contributed by atoms with E-state index in [4.69, 9.17) is 11.6 Å². The molecule has 4 rings (SSSR count). The van der Waals surface area contributed by atoms with E-state index in [1.54, 1.807) is 36.4 Å². The fraction of sp³-hybridized carbons (Fsp3) is 0.0455. The highest BCUT2D eigenvalue weighted by atomic mass is 35.5. The molecule has 1 aromatic heterocycles. The molecule has 0 aliphatic rings. The van der Waals surface area contributed by atoms with Crippen LogP contribution >= 0.6 is 22.9 Å². The maximum absolute atomic E-state index is 13.3. The smallest absolute Gasteiger partial charge is 0.196 e. The lowest BCUT2D eigenvalue weighted by atomic mass is 10.00. The molecule has 4 aromatic rings. The summed E-state index contributed by atoms with van der Waals surface area (Å²) in [6.45, 7) is 0. The zero-order chi connectivity index (χ0) is 20.8. The van der Waals surface area contributed by atoms with Crippen molar-refractivity contribution < 1.29 is 13.5 Å². The zero-order valence-corrected chi connectivity index (χ0v) is 17.6. The molecule has 3 aromatic carbocycles. The lowest BCUT2D eigenvalue weighted by Crippen LogP contribution is -2.06. The second kappa shape index (κ2) is 7.30. The number of fused-ring (bicyclic) bond motifs is 1. The molecule has 1 heterocycles. The van der Waals surface area contributed by atoms with Gasteiger partial charge in [0.05, 0.1) is 9.92 Å². The number of hydrogen-bond acceptors (Lipinski definition) is 5. The number of benzene rings is 3. The number of aromatic hydroxyl groups is 1. The van der Waals surface area contributed by atoms with Crippen molar-refractivity contribution in [2.24, 2.45) is 0 Å². The fourth-order valence-electron chi connectivity index (χ4n) is 3.13. The molecule has 146 valence electrons. The van der Waals surface area contributed by atoms with Gasteiger partial charge in [-0.2, -0.15) is 0 Å². The van der Waals surface area contributed by atoms with Crippen molar-refractivity contribution in [1.82, 2.24) is 0 Å². The highest BCUT2D eigenvalue weighted by Gasteiger charge is 2.18. The van der Waals surface area contributed by atoms with Crippen molar-refractivity contribution in [2.75, 3.05) is 6.26 Å². The van der Waals surface area contributed by atoms with Crippen molar-refractivity contribution in [3.8, 4) is 27.3 Å². The average molecular weight is 443 g/mol. The van der Waals surface area contributed by atoms with Gasteiger partial charge in [-0.25, -0.2) is 8.42 Å². The number of halogens is 1. The highest BCUT2D eigenvalue weighted by molar-refractivity contribution is 7.90. The third-order valence-corrected chi connectivity index (χ3v) is 7.25. The van der Waals surface area contributed by atoms with Gasteiger partial charge in [-0.15, -0.1) is 11.3 Å². The molecule has 7 heteroatoms. The summed E-state index contributed by atoms with van der Waals surface area (Å²) < 4.78 is 24.4. The Kier molecular flexibility index (Phi) is 4.94. The first kappa shape index (κ1) is 19.6. The summed E-state index contributed by atoms with van der Waals surface area (Å²) >= 11 is 7.37. The number of phenolic OH excluding ortho intramolecular Hbond substituents is 1. The lowest BCUT2D eigenvalue weighted by molar-refractivity contribution is 0.476. The van der Waals surface area contributed by atoms with E-state index in [1.165, 1.54) is 29.5 Å². The molecular weight excluding hydrogens is 428 g/mol. The Bertz CT molecular complexity index is 1410. The van der Waals surface area contributed by atoms with Crippen molar-refractivity contribution in [3.63, 3.8) is 0 Å². The topological polar surface area (TPSA) is 71.4 Å². The monoisotopic (exact) mass is 442 g/mol. The van der Waals surface area contributed by atoms with Crippen molar-refractivity contribution in [2.45, 2.75) is 4.90 Å². The summed E-state index contributed by atoms with van der Waals surface area (Å²) in [5, 5.41) is 10.8. The minimum atomic E-state index is -3.32. The maximum Gasteiger partial charge on any atom is 0.196 e. The standard InChI is InChI=1S/C22H15ClO4S2/c1-29(26,27)15-9-6-13(7-10-15)22-20(14-8-11-17(23)18(24)12-14)21(25)16-4-2-3-5-19(16)28-22/h2-12,24H,1H3. The molecule has 0 aliphatic heterocycles. The first-order valence-electron chi connectivity index (χ1n) is 8.61. The van der Waals surface area contributed by atoms with Gasteiger partial charge < -0.3 is 5.11 Å². The van der Waals surface area contributed by atoms with Crippen LogP contribution in [-0.2, 0) is 9.84 Å². The van der Waals surface area contributed by atoms with E-state index >= 15 is 0 Å². The molecule has 0 radical (unpaired) electrons. The molecule has 0 unspecified atom stereocenters. The summed E-state index contributed by atoms with van der Waals surface area (Å²) in [5.41, 5.74) is 1.53. The maximum atomic E-state index is 13.3. The molecule has 4 nitrogen and oxygen atoms in total. The van der Waals surface area contributed by atoms with Gasteiger partial charge in [-0.05, 0) is 47.5 Å². The average Bonchev–Trinajstić information content (AvgIpc) is 2.70. The largest absolute Gasteiger partial charge is 0.506 e. The molecule has 0 saturated heterocycles. The van der Waals surface area contributed by atoms with E-state index in [-0.39, 0.29) is 21.1 Å². The van der Waals surface area contributed by atoms with Crippen LogP contribution in [0.3, 0.4) is 0 Å². The van der Waals surface area contributed by atoms with Gasteiger partial charge in [0, 0.05) is 26.8 Å². The second-order valence-electron chi connectivity index (χ2n) is 6.59. The predicted molar refractivity (Wildman–Crippen MR) is 119 cm³/mol. The van der Waals surface area contributed by atoms with Crippen LogP contribution in [0.4, 0.5) is 0 Å². The van der Waals surface area contributed by atoms with Crippen molar-refractivity contribution in [3.05, 3.63) is 82.0 Å². The van der Waals surface area contributed by atoms with Gasteiger partial charge in [0.1, 0.15) is 5.75 Å². The summed E-state index contributed by atoms with van der Waals surface area (Å²) in [5.74, 6) is -0.111. The van der Waals surface area contributed by atoms with Crippen LogP contribution in [0.5, 0.6) is 5.75 Å². The van der Waals surface area contributed by atoms with Crippen LogP contribution in [-0.4, -0.2) is 19.8 Å². The molecule has 0 bridgehead atoms. The first-order valence-corrected chi connectivity index (χ1v) is 11.7. The molecular formula is C22H15ClO4S2. The van der Waals surface area contributed by atoms with Crippen LogP contribution in [0.1, 0.15) is 0 Å². The zero-order valence-electron chi connectivity index (χ0n) is 15.2. The number of sulfone groups is 1. The lowest BCUT2D eigenvalue weighted by Gasteiger charge is -2.12. The molecule has 0 saturated carbocycles.